The van der Waals surface area contributed by atoms with Crippen LogP contribution in [0.1, 0.15) is 28.7 Å². The predicted molar refractivity (Wildman–Crippen MR) is 142 cm³/mol. The molecule has 2 aromatic heterocycles. The van der Waals surface area contributed by atoms with Gasteiger partial charge in [0.05, 0.1) is 35.6 Å². The maximum atomic E-state index is 12.5. The van der Waals surface area contributed by atoms with Gasteiger partial charge in [-0.3, -0.25) is 15.5 Å². The third kappa shape index (κ3) is 4.82. The van der Waals surface area contributed by atoms with Crippen molar-refractivity contribution in [3.63, 3.8) is 0 Å². The second kappa shape index (κ2) is 9.94. The van der Waals surface area contributed by atoms with E-state index in [2.05, 4.69) is 20.5 Å². The van der Waals surface area contributed by atoms with E-state index < -0.39 is 5.79 Å². The van der Waals surface area contributed by atoms with Crippen molar-refractivity contribution in [2.24, 2.45) is 10.7 Å². The molecule has 1 amide bonds. The molecule has 3 aromatic rings. The molecule has 5 N–H and O–H groups in total. The van der Waals surface area contributed by atoms with Gasteiger partial charge in [-0.1, -0.05) is 12.1 Å². The molecule has 0 aliphatic carbocycles. The average molecular weight is 508 g/mol. The molecule has 0 bridgehead atoms. The maximum Gasteiger partial charge on any atom is 0.251 e. The summed E-state index contributed by atoms with van der Waals surface area (Å²) in [5, 5.41) is 14.8. The Morgan fingerprint density at radius 2 is 2.14 bits per heavy atom. The minimum atomic E-state index is -0.861. The number of aryl methyl sites for hydroxylation is 1. The maximum absolute atomic E-state index is 12.5. The number of carbonyl (C=O) groups is 1. The highest BCUT2D eigenvalue weighted by atomic mass is 32.1. The molecular formula is C25H29N7O3S. The Hall–Kier alpha value is -3.38. The molecule has 11 heteroatoms. The molecule has 0 spiro atoms. The lowest BCUT2D eigenvalue weighted by molar-refractivity contribution is 0.0945. The van der Waals surface area contributed by atoms with Crippen molar-refractivity contribution in [2.75, 3.05) is 44.4 Å². The first-order valence-electron chi connectivity index (χ1n) is 11.8. The van der Waals surface area contributed by atoms with E-state index in [1.54, 1.807) is 36.7 Å². The number of carbonyl (C=O) groups excluding carboxylic acids is 1. The predicted octanol–water partition coefficient (Wildman–Crippen LogP) is 1.87. The number of aliphatic hydroxyl groups excluding tert-OH is 1. The van der Waals surface area contributed by atoms with Gasteiger partial charge in [0.25, 0.3) is 5.91 Å². The van der Waals surface area contributed by atoms with Gasteiger partial charge >= 0.3 is 0 Å². The number of aliphatic hydroxyl groups is 1. The SMILES string of the molecule is Cc1c(-c2cccc(C(=O)NCCO)c2)sc2c(N3CCOCC3)nc(C3=CNC(C)(N)N=C3)nc12. The van der Waals surface area contributed by atoms with Crippen molar-refractivity contribution in [3.05, 3.63) is 47.4 Å². The number of benzene rings is 1. The van der Waals surface area contributed by atoms with Crippen LogP contribution < -0.4 is 21.3 Å². The number of aliphatic imine (C=N–C) groups is 1. The van der Waals surface area contributed by atoms with Crippen LogP contribution in [0.25, 0.3) is 26.2 Å². The Morgan fingerprint density at radius 1 is 1.33 bits per heavy atom. The van der Waals surface area contributed by atoms with Crippen LogP contribution in [0.15, 0.2) is 35.5 Å². The van der Waals surface area contributed by atoms with E-state index in [4.69, 9.17) is 25.5 Å². The van der Waals surface area contributed by atoms with Gasteiger partial charge in [0.15, 0.2) is 17.4 Å². The van der Waals surface area contributed by atoms with Gasteiger partial charge in [0, 0.05) is 42.5 Å². The number of nitrogens with zero attached hydrogens (tertiary/aromatic N) is 4. The summed E-state index contributed by atoms with van der Waals surface area (Å²) in [6, 6.07) is 7.50. The van der Waals surface area contributed by atoms with Gasteiger partial charge in [-0.2, -0.15) is 0 Å². The number of nitrogens with one attached hydrogen (secondary N) is 2. The zero-order valence-electron chi connectivity index (χ0n) is 20.2. The van der Waals surface area contributed by atoms with E-state index in [1.165, 1.54) is 0 Å². The Bertz CT molecular complexity index is 1360. The van der Waals surface area contributed by atoms with Crippen molar-refractivity contribution in [1.82, 2.24) is 20.6 Å². The van der Waals surface area contributed by atoms with Crippen LogP contribution >= 0.6 is 11.3 Å². The van der Waals surface area contributed by atoms with E-state index in [9.17, 15) is 4.79 Å². The van der Waals surface area contributed by atoms with Crippen LogP contribution in [-0.2, 0) is 4.74 Å². The molecule has 188 valence electrons. The molecular weight excluding hydrogens is 478 g/mol. The molecule has 2 aliphatic heterocycles. The fourth-order valence-corrected chi connectivity index (χ4v) is 5.42. The Morgan fingerprint density at radius 3 is 2.86 bits per heavy atom. The fraction of sp³-hybridized carbons (Fsp3) is 0.360. The van der Waals surface area contributed by atoms with Gasteiger partial charge < -0.3 is 25.4 Å². The quantitative estimate of drug-likeness (QED) is 0.397. The molecule has 0 radical (unpaired) electrons. The van der Waals surface area contributed by atoms with E-state index in [0.29, 0.717) is 24.6 Å². The summed E-state index contributed by atoms with van der Waals surface area (Å²) in [5.41, 5.74) is 10.2. The van der Waals surface area contributed by atoms with E-state index in [0.717, 1.165) is 50.7 Å². The zero-order valence-corrected chi connectivity index (χ0v) is 21.1. The topological polar surface area (TPSA) is 138 Å². The molecule has 4 heterocycles. The number of thiophene rings is 1. The molecule has 1 saturated heterocycles. The van der Waals surface area contributed by atoms with Crippen molar-refractivity contribution in [1.29, 1.82) is 0 Å². The summed E-state index contributed by atoms with van der Waals surface area (Å²) < 4.78 is 6.57. The van der Waals surface area contributed by atoms with Crippen LogP contribution in [0.4, 0.5) is 5.82 Å². The highest BCUT2D eigenvalue weighted by Crippen LogP contribution is 2.42. The summed E-state index contributed by atoms with van der Waals surface area (Å²) in [5.74, 6) is 0.356. The monoisotopic (exact) mass is 507 g/mol. The molecule has 1 unspecified atom stereocenters. The highest BCUT2D eigenvalue weighted by Gasteiger charge is 2.25. The van der Waals surface area contributed by atoms with E-state index in [-0.39, 0.29) is 19.1 Å². The Kier molecular flexibility index (Phi) is 6.71. The van der Waals surface area contributed by atoms with Crippen LogP contribution in [0.3, 0.4) is 0 Å². The lowest BCUT2D eigenvalue weighted by Gasteiger charge is -2.28. The first-order chi connectivity index (χ1) is 17.4. The van der Waals surface area contributed by atoms with Gasteiger partial charge in [-0.05, 0) is 37.1 Å². The molecule has 1 fully saturated rings. The largest absolute Gasteiger partial charge is 0.395 e. The number of rotatable bonds is 6. The lowest BCUT2D eigenvalue weighted by Crippen LogP contribution is -2.48. The summed E-state index contributed by atoms with van der Waals surface area (Å²) >= 11 is 1.62. The highest BCUT2D eigenvalue weighted by molar-refractivity contribution is 7.23. The second-order valence-corrected chi connectivity index (χ2v) is 9.93. The third-order valence-corrected chi connectivity index (χ3v) is 7.42. The average Bonchev–Trinajstić information content (AvgIpc) is 3.23. The van der Waals surface area contributed by atoms with Crippen LogP contribution in [0.5, 0.6) is 0 Å². The molecule has 10 nitrogen and oxygen atoms in total. The summed E-state index contributed by atoms with van der Waals surface area (Å²) in [4.78, 5) is 30.0. The number of fused-ring (bicyclic) bond motifs is 1. The zero-order chi connectivity index (χ0) is 25.3. The van der Waals surface area contributed by atoms with Crippen LogP contribution in [-0.4, -0.2) is 72.4 Å². The number of morpholine rings is 1. The first-order valence-corrected chi connectivity index (χ1v) is 12.6. The molecule has 1 atom stereocenters. The number of allylic oxidation sites excluding steroid dienone is 1. The van der Waals surface area contributed by atoms with E-state index in [1.807, 2.05) is 25.1 Å². The standard InChI is InChI=1S/C25H29N7O3S/c1-15-19-21(36-20(15)16-4-3-5-17(12-16)24(34)27-6-9-33)23(32-7-10-35-11-8-32)31-22(30-19)18-13-28-25(2,26)29-14-18/h3-5,12-14,28,33H,6-11,26H2,1-2H3,(H,27,34). The van der Waals surface area contributed by atoms with Gasteiger partial charge in [-0.25, -0.2) is 9.97 Å². The number of hydrogen-bond donors (Lipinski definition) is 4. The summed E-state index contributed by atoms with van der Waals surface area (Å²) in [6.45, 7) is 6.70. The summed E-state index contributed by atoms with van der Waals surface area (Å²) in [7, 11) is 0. The van der Waals surface area contributed by atoms with Crippen LogP contribution in [0.2, 0.25) is 0 Å². The molecule has 2 aliphatic rings. The Labute approximate surface area is 212 Å². The minimum Gasteiger partial charge on any atom is -0.395 e. The molecule has 0 saturated carbocycles. The molecule has 36 heavy (non-hydrogen) atoms. The number of anilines is 1. The Balaban J connectivity index is 1.61. The van der Waals surface area contributed by atoms with Crippen molar-refractivity contribution < 1.29 is 14.6 Å². The number of nitrogens with two attached hydrogens (primary N) is 1. The fourth-order valence-electron chi connectivity index (χ4n) is 4.16. The molecule has 1 aromatic carbocycles. The number of ether oxygens (including phenoxy) is 1. The van der Waals surface area contributed by atoms with Gasteiger partial charge in [-0.15, -0.1) is 11.3 Å². The number of aromatic nitrogens is 2. The lowest BCUT2D eigenvalue weighted by atomic mass is 10.1. The smallest absolute Gasteiger partial charge is 0.251 e. The number of hydrogen-bond acceptors (Lipinski definition) is 10. The normalized spacial score (nSPS) is 19.8. The van der Waals surface area contributed by atoms with Gasteiger partial charge in [0.2, 0.25) is 0 Å². The number of amides is 1. The van der Waals surface area contributed by atoms with Gasteiger partial charge in [0.1, 0.15) is 0 Å². The first kappa shape index (κ1) is 24.3. The van der Waals surface area contributed by atoms with E-state index >= 15 is 0 Å². The second-order valence-electron chi connectivity index (χ2n) is 8.91. The molecule has 5 rings (SSSR count). The van der Waals surface area contributed by atoms with Crippen molar-refractivity contribution in [2.45, 2.75) is 19.6 Å². The minimum absolute atomic E-state index is 0.104. The summed E-state index contributed by atoms with van der Waals surface area (Å²) in [6.07, 6.45) is 3.51. The van der Waals surface area contributed by atoms with Crippen molar-refractivity contribution in [3.8, 4) is 10.4 Å². The third-order valence-electron chi connectivity index (χ3n) is 6.09. The van der Waals surface area contributed by atoms with Crippen molar-refractivity contribution >= 4 is 45.1 Å². The van der Waals surface area contributed by atoms with Crippen LogP contribution in [0, 0.1) is 6.92 Å².